The molecule has 3 rings (SSSR count). The molecule has 0 radical (unpaired) electrons. The van der Waals surface area contributed by atoms with E-state index in [9.17, 15) is 19.5 Å². The summed E-state index contributed by atoms with van der Waals surface area (Å²) in [5.41, 5.74) is 0.769. The summed E-state index contributed by atoms with van der Waals surface area (Å²) in [6.07, 6.45) is 4.01. The number of fused-ring (bicyclic) bond motifs is 1. The van der Waals surface area contributed by atoms with E-state index in [2.05, 4.69) is 17.6 Å². The first-order chi connectivity index (χ1) is 19.5. The minimum Gasteiger partial charge on any atom is -0.507 e. The Kier molecular flexibility index (Phi) is 11.1. The van der Waals surface area contributed by atoms with Crippen molar-refractivity contribution in [3.05, 3.63) is 71.8 Å². The number of amides is 3. The summed E-state index contributed by atoms with van der Waals surface area (Å²) in [6, 6.07) is 17.5. The number of aromatic hydroxyl groups is 1. The van der Waals surface area contributed by atoms with Crippen LogP contribution in [0, 0.1) is 6.92 Å². The summed E-state index contributed by atoms with van der Waals surface area (Å²) in [4.78, 5) is 41.4. The van der Waals surface area contributed by atoms with Gasteiger partial charge in [-0.3, -0.25) is 9.59 Å². The topological polar surface area (TPSA) is 108 Å². The third-order valence-electron chi connectivity index (χ3n) is 6.75. The Labute approximate surface area is 243 Å². The Bertz CT molecular complexity index is 1350. The van der Waals surface area contributed by atoms with Crippen molar-refractivity contribution in [2.24, 2.45) is 0 Å². The Morgan fingerprint density at radius 2 is 1.63 bits per heavy atom. The number of hydrogen-bond acceptors (Lipinski definition) is 5. The number of alkyl carbamates (subject to hydrolysis) is 1. The lowest BCUT2D eigenvalue weighted by molar-refractivity contribution is -0.138. The molecule has 0 aliphatic heterocycles. The highest BCUT2D eigenvalue weighted by Crippen LogP contribution is 2.33. The Morgan fingerprint density at radius 1 is 0.927 bits per heavy atom. The van der Waals surface area contributed by atoms with E-state index in [1.54, 1.807) is 45.9 Å². The number of benzene rings is 3. The first kappa shape index (κ1) is 31.5. The molecule has 3 N–H and O–H groups in total. The zero-order valence-electron chi connectivity index (χ0n) is 24.8. The molecule has 1 unspecified atom stereocenters. The molecule has 8 nitrogen and oxygen atoms in total. The number of unbranched alkanes of at least 4 members (excludes halogenated alkanes) is 4. The van der Waals surface area contributed by atoms with Gasteiger partial charge in [-0.15, -0.1) is 0 Å². The number of nitrogens with zero attached hydrogens (tertiary/aromatic N) is 1. The summed E-state index contributed by atoms with van der Waals surface area (Å²) in [7, 11) is 0. The quantitative estimate of drug-likeness (QED) is 0.210. The third kappa shape index (κ3) is 9.23. The highest BCUT2D eigenvalue weighted by molar-refractivity contribution is 6.00. The molecular formula is C33H43N3O5. The fraction of sp³-hybridized carbons (Fsp3) is 0.424. The maximum Gasteiger partial charge on any atom is 0.408 e. The molecule has 0 bridgehead atoms. The molecule has 3 amide bonds. The molecule has 3 aromatic carbocycles. The van der Waals surface area contributed by atoms with E-state index in [1.165, 1.54) is 4.90 Å². The first-order valence-corrected chi connectivity index (χ1v) is 14.3. The van der Waals surface area contributed by atoms with Crippen molar-refractivity contribution >= 4 is 34.4 Å². The summed E-state index contributed by atoms with van der Waals surface area (Å²) < 4.78 is 5.29. The van der Waals surface area contributed by atoms with Crippen molar-refractivity contribution in [1.29, 1.82) is 0 Å². The second kappa shape index (κ2) is 14.5. The number of ether oxygens (including phenoxy) is 1. The third-order valence-corrected chi connectivity index (χ3v) is 6.75. The van der Waals surface area contributed by atoms with Crippen LogP contribution in [-0.4, -0.2) is 46.6 Å². The van der Waals surface area contributed by atoms with Crippen molar-refractivity contribution in [3.63, 3.8) is 0 Å². The van der Waals surface area contributed by atoms with Crippen LogP contribution in [0.5, 0.6) is 5.75 Å². The zero-order valence-corrected chi connectivity index (χ0v) is 24.8. The molecule has 0 heterocycles. The van der Waals surface area contributed by atoms with E-state index in [0.717, 1.165) is 36.5 Å². The normalized spacial score (nSPS) is 12.0. The van der Waals surface area contributed by atoms with Crippen LogP contribution in [0.4, 0.5) is 10.5 Å². The van der Waals surface area contributed by atoms with Gasteiger partial charge >= 0.3 is 6.09 Å². The SMILES string of the molecule is CCCCCCCN(C(=O)CNC(=O)OC(C)(C)C)C(C(=O)Nc1ccc2ccccc2c1)c1cccc(C)c1O. The van der Waals surface area contributed by atoms with Gasteiger partial charge in [0.2, 0.25) is 5.91 Å². The Morgan fingerprint density at radius 3 is 2.34 bits per heavy atom. The average Bonchev–Trinajstić information content (AvgIpc) is 2.92. The molecule has 3 aromatic rings. The van der Waals surface area contributed by atoms with Crippen LogP contribution in [0.3, 0.4) is 0 Å². The number of para-hydroxylation sites is 1. The molecule has 0 aliphatic rings. The van der Waals surface area contributed by atoms with Crippen molar-refractivity contribution in [3.8, 4) is 5.75 Å². The summed E-state index contributed by atoms with van der Waals surface area (Å²) in [5, 5.41) is 18.5. The summed E-state index contributed by atoms with van der Waals surface area (Å²) >= 11 is 0. The van der Waals surface area contributed by atoms with E-state index in [4.69, 9.17) is 4.74 Å². The lowest BCUT2D eigenvalue weighted by atomic mass is 9.99. The molecule has 0 aliphatic carbocycles. The number of phenols is 1. The van der Waals surface area contributed by atoms with Gasteiger partial charge in [-0.2, -0.15) is 0 Å². The number of carbonyl (C=O) groups excluding carboxylic acids is 3. The molecule has 0 saturated heterocycles. The van der Waals surface area contributed by atoms with Gasteiger partial charge < -0.3 is 25.4 Å². The van der Waals surface area contributed by atoms with Crippen LogP contribution >= 0.6 is 0 Å². The second-order valence-corrected chi connectivity index (χ2v) is 11.3. The molecule has 8 heteroatoms. The van der Waals surface area contributed by atoms with Gasteiger partial charge in [-0.05, 0) is 62.6 Å². The number of carbonyl (C=O) groups is 3. The van der Waals surface area contributed by atoms with Crippen molar-refractivity contribution in [2.45, 2.75) is 78.4 Å². The lowest BCUT2D eigenvalue weighted by Crippen LogP contribution is -2.47. The predicted molar refractivity (Wildman–Crippen MR) is 163 cm³/mol. The fourth-order valence-corrected chi connectivity index (χ4v) is 4.68. The van der Waals surface area contributed by atoms with Crippen LogP contribution in [0.1, 0.15) is 77.0 Å². The number of nitrogens with one attached hydrogen (secondary N) is 2. The van der Waals surface area contributed by atoms with Gasteiger partial charge in [0.25, 0.3) is 5.91 Å². The van der Waals surface area contributed by atoms with Gasteiger partial charge in [-0.25, -0.2) is 4.79 Å². The number of aryl methyl sites for hydroxylation is 1. The van der Waals surface area contributed by atoms with E-state index < -0.39 is 29.6 Å². The maximum atomic E-state index is 14.0. The molecule has 0 aromatic heterocycles. The number of anilines is 1. The van der Waals surface area contributed by atoms with Gasteiger partial charge in [-0.1, -0.05) is 81.1 Å². The molecule has 220 valence electrons. The largest absolute Gasteiger partial charge is 0.507 e. The Hall–Kier alpha value is -4.07. The minimum absolute atomic E-state index is 0.0463. The van der Waals surface area contributed by atoms with Crippen LogP contribution in [0.2, 0.25) is 0 Å². The van der Waals surface area contributed by atoms with Crippen molar-refractivity contribution < 1.29 is 24.2 Å². The van der Waals surface area contributed by atoms with Gasteiger partial charge in [0.15, 0.2) is 0 Å². The molecular weight excluding hydrogens is 518 g/mol. The minimum atomic E-state index is -1.12. The zero-order chi connectivity index (χ0) is 30.0. The molecule has 0 saturated carbocycles. The van der Waals surface area contributed by atoms with Gasteiger partial charge in [0, 0.05) is 17.8 Å². The molecule has 41 heavy (non-hydrogen) atoms. The molecule has 1 atom stereocenters. The van der Waals surface area contributed by atoms with Gasteiger partial charge in [0.1, 0.15) is 23.9 Å². The van der Waals surface area contributed by atoms with E-state index >= 15 is 0 Å². The maximum absolute atomic E-state index is 14.0. The van der Waals surface area contributed by atoms with Crippen molar-refractivity contribution in [2.75, 3.05) is 18.4 Å². The fourth-order valence-electron chi connectivity index (χ4n) is 4.68. The van der Waals surface area contributed by atoms with Crippen LogP contribution in [-0.2, 0) is 14.3 Å². The number of hydrogen-bond donors (Lipinski definition) is 3. The highest BCUT2D eigenvalue weighted by atomic mass is 16.6. The summed E-state index contributed by atoms with van der Waals surface area (Å²) in [5.74, 6) is -0.957. The molecule has 0 spiro atoms. The van der Waals surface area contributed by atoms with E-state index in [1.807, 2.05) is 42.5 Å². The van der Waals surface area contributed by atoms with E-state index in [0.29, 0.717) is 23.2 Å². The average molecular weight is 562 g/mol. The smallest absolute Gasteiger partial charge is 0.408 e. The number of rotatable bonds is 12. The van der Waals surface area contributed by atoms with Crippen LogP contribution < -0.4 is 10.6 Å². The molecule has 0 fully saturated rings. The monoisotopic (exact) mass is 561 g/mol. The van der Waals surface area contributed by atoms with Crippen LogP contribution in [0.15, 0.2) is 60.7 Å². The predicted octanol–water partition coefficient (Wildman–Crippen LogP) is 6.86. The lowest BCUT2D eigenvalue weighted by Gasteiger charge is -2.32. The second-order valence-electron chi connectivity index (χ2n) is 11.3. The Balaban J connectivity index is 1.94. The van der Waals surface area contributed by atoms with Gasteiger partial charge in [0.05, 0.1) is 0 Å². The van der Waals surface area contributed by atoms with Crippen LogP contribution in [0.25, 0.3) is 10.8 Å². The highest BCUT2D eigenvalue weighted by Gasteiger charge is 2.34. The van der Waals surface area contributed by atoms with Crippen molar-refractivity contribution in [1.82, 2.24) is 10.2 Å². The summed E-state index contributed by atoms with van der Waals surface area (Å²) in [6.45, 7) is 9.03. The van der Waals surface area contributed by atoms with E-state index in [-0.39, 0.29) is 18.8 Å². The number of phenolic OH excluding ortho intramolecular Hbond substituents is 1. The standard InChI is InChI=1S/C33H43N3O5/c1-6-7-8-9-12-20-36(28(37)22-34-32(40)41-33(3,4)5)29(27-17-13-14-23(2)30(27)38)31(39)35-26-19-18-24-15-10-11-16-25(24)21-26/h10-11,13-19,21,29,38H,6-9,12,20,22H2,1-5H3,(H,34,40)(H,35,39). The first-order valence-electron chi connectivity index (χ1n) is 14.3.